The second-order valence-electron chi connectivity index (χ2n) is 5.31. The fourth-order valence-electron chi connectivity index (χ4n) is 2.51. The maximum Gasteiger partial charge on any atom is 0.323 e. The summed E-state index contributed by atoms with van der Waals surface area (Å²) in [5.74, 6) is -0.586. The van der Waals surface area contributed by atoms with Crippen LogP contribution in [0, 0.1) is 0 Å². The summed E-state index contributed by atoms with van der Waals surface area (Å²) < 4.78 is 0. The number of hydrogen-bond acceptors (Lipinski definition) is 4. The molecule has 1 aliphatic heterocycles. The summed E-state index contributed by atoms with van der Waals surface area (Å²) in [4.78, 5) is 39.1. The Hall–Kier alpha value is -2.02. The highest BCUT2D eigenvalue weighted by molar-refractivity contribution is 7.99. The molecule has 1 fully saturated rings. The van der Waals surface area contributed by atoms with Crippen molar-refractivity contribution in [2.24, 2.45) is 0 Å². The van der Waals surface area contributed by atoms with Crippen molar-refractivity contribution < 1.29 is 19.5 Å². The van der Waals surface area contributed by atoms with E-state index < -0.39 is 12.0 Å². The number of carboxylic acids is 1. The quantitative estimate of drug-likeness (QED) is 0.852. The molecule has 124 valence electrons. The Kier molecular flexibility index (Phi) is 6.04. The predicted octanol–water partition coefficient (Wildman–Crippen LogP) is 1.52. The standard InChI is InChI=1S/C16H20N2O4S/c1-2-8-17(9-14(19)20)16(22)13-10-23-11-18(13)15(21)12-6-4-3-5-7-12/h3-7,13H,2,8-11H2,1H3,(H,19,20). The van der Waals surface area contributed by atoms with Gasteiger partial charge in [-0.1, -0.05) is 25.1 Å². The van der Waals surface area contributed by atoms with Crippen LogP contribution in [0.25, 0.3) is 0 Å². The third-order valence-electron chi connectivity index (χ3n) is 3.58. The Morgan fingerprint density at radius 1 is 1.30 bits per heavy atom. The molecule has 1 aromatic rings. The Labute approximate surface area is 139 Å². The van der Waals surface area contributed by atoms with Crippen LogP contribution < -0.4 is 0 Å². The van der Waals surface area contributed by atoms with E-state index in [-0.39, 0.29) is 18.4 Å². The largest absolute Gasteiger partial charge is 0.480 e. The van der Waals surface area contributed by atoms with Crippen LogP contribution in [0.2, 0.25) is 0 Å². The van der Waals surface area contributed by atoms with Gasteiger partial charge in [0.05, 0.1) is 5.88 Å². The van der Waals surface area contributed by atoms with Gasteiger partial charge in [0.1, 0.15) is 12.6 Å². The number of hydrogen-bond donors (Lipinski definition) is 1. The molecule has 23 heavy (non-hydrogen) atoms. The molecule has 0 bridgehead atoms. The van der Waals surface area contributed by atoms with Gasteiger partial charge >= 0.3 is 5.97 Å². The van der Waals surface area contributed by atoms with Crippen LogP contribution in [0.15, 0.2) is 30.3 Å². The van der Waals surface area contributed by atoms with Gasteiger partial charge in [-0.3, -0.25) is 14.4 Å². The fourth-order valence-corrected chi connectivity index (χ4v) is 3.65. The molecule has 2 amide bonds. The molecule has 0 saturated carbocycles. The lowest BCUT2D eigenvalue weighted by Gasteiger charge is -2.28. The van der Waals surface area contributed by atoms with Crippen LogP contribution in [0.4, 0.5) is 0 Å². The molecule has 2 rings (SSSR count). The topological polar surface area (TPSA) is 77.9 Å². The van der Waals surface area contributed by atoms with Gasteiger partial charge in [-0.05, 0) is 18.6 Å². The van der Waals surface area contributed by atoms with E-state index in [1.807, 2.05) is 13.0 Å². The van der Waals surface area contributed by atoms with Crippen molar-refractivity contribution in [2.45, 2.75) is 19.4 Å². The van der Waals surface area contributed by atoms with E-state index in [9.17, 15) is 14.4 Å². The first-order chi connectivity index (χ1) is 11.0. The number of carboxylic acid groups (broad SMARTS) is 1. The van der Waals surface area contributed by atoms with E-state index in [2.05, 4.69) is 0 Å². The minimum absolute atomic E-state index is 0.194. The number of carbonyl (C=O) groups excluding carboxylic acids is 2. The minimum Gasteiger partial charge on any atom is -0.480 e. The molecule has 6 nitrogen and oxygen atoms in total. The summed E-state index contributed by atoms with van der Waals surface area (Å²) in [5, 5.41) is 8.98. The van der Waals surface area contributed by atoms with E-state index in [0.29, 0.717) is 30.2 Å². The molecule has 1 aromatic carbocycles. The molecule has 7 heteroatoms. The molecular formula is C16H20N2O4S. The summed E-state index contributed by atoms with van der Waals surface area (Å²) in [6, 6.07) is 8.22. The first kappa shape index (κ1) is 17.3. The lowest BCUT2D eigenvalue weighted by atomic mass is 10.1. The SMILES string of the molecule is CCCN(CC(=O)O)C(=O)C1CSCN1C(=O)c1ccccc1. The molecule has 0 aromatic heterocycles. The average Bonchev–Trinajstić information content (AvgIpc) is 3.03. The normalized spacial score (nSPS) is 17.1. The molecule has 1 aliphatic rings. The Bertz CT molecular complexity index is 579. The van der Waals surface area contributed by atoms with Crippen molar-refractivity contribution in [3.63, 3.8) is 0 Å². The molecule has 1 N–H and O–H groups in total. The highest BCUT2D eigenvalue weighted by atomic mass is 32.2. The molecule has 1 saturated heterocycles. The number of aliphatic carboxylic acids is 1. The van der Waals surface area contributed by atoms with E-state index in [4.69, 9.17) is 5.11 Å². The van der Waals surface area contributed by atoms with Gasteiger partial charge in [-0.2, -0.15) is 0 Å². The lowest BCUT2D eigenvalue weighted by molar-refractivity contribution is -0.146. The predicted molar refractivity (Wildman–Crippen MR) is 88.2 cm³/mol. The van der Waals surface area contributed by atoms with Gasteiger partial charge in [0, 0.05) is 17.9 Å². The van der Waals surface area contributed by atoms with Crippen molar-refractivity contribution in [3.8, 4) is 0 Å². The zero-order valence-electron chi connectivity index (χ0n) is 13.0. The maximum atomic E-state index is 12.7. The number of carbonyl (C=O) groups is 3. The van der Waals surface area contributed by atoms with Crippen molar-refractivity contribution >= 4 is 29.5 Å². The van der Waals surface area contributed by atoms with E-state index in [1.54, 1.807) is 24.3 Å². The molecule has 0 spiro atoms. The Morgan fingerprint density at radius 3 is 2.61 bits per heavy atom. The van der Waals surface area contributed by atoms with Gasteiger partial charge in [0.15, 0.2) is 0 Å². The van der Waals surface area contributed by atoms with Crippen LogP contribution in [0.5, 0.6) is 0 Å². The minimum atomic E-state index is -1.04. The molecule has 1 atom stereocenters. The third kappa shape index (κ3) is 4.25. The Balaban J connectivity index is 2.15. The summed E-state index contributed by atoms with van der Waals surface area (Å²) in [6.07, 6.45) is 0.672. The number of benzene rings is 1. The van der Waals surface area contributed by atoms with Crippen molar-refractivity contribution in [2.75, 3.05) is 24.7 Å². The summed E-state index contributed by atoms with van der Waals surface area (Å²) in [5.41, 5.74) is 0.535. The second-order valence-corrected chi connectivity index (χ2v) is 6.31. The molecule has 0 radical (unpaired) electrons. The number of nitrogens with zero attached hydrogens (tertiary/aromatic N) is 2. The van der Waals surface area contributed by atoms with Gasteiger partial charge < -0.3 is 14.9 Å². The van der Waals surface area contributed by atoms with Crippen LogP contribution in [-0.2, 0) is 9.59 Å². The Morgan fingerprint density at radius 2 is 2.00 bits per heavy atom. The lowest BCUT2D eigenvalue weighted by Crippen LogP contribution is -2.50. The van der Waals surface area contributed by atoms with Crippen molar-refractivity contribution in [1.82, 2.24) is 9.80 Å². The van der Waals surface area contributed by atoms with E-state index in [1.165, 1.54) is 21.6 Å². The fraction of sp³-hybridized carbons (Fsp3) is 0.438. The highest BCUT2D eigenvalue weighted by Gasteiger charge is 2.37. The first-order valence-corrected chi connectivity index (χ1v) is 8.64. The smallest absolute Gasteiger partial charge is 0.323 e. The van der Waals surface area contributed by atoms with Gasteiger partial charge in [0.25, 0.3) is 5.91 Å². The average molecular weight is 336 g/mol. The zero-order chi connectivity index (χ0) is 16.8. The maximum absolute atomic E-state index is 12.7. The van der Waals surface area contributed by atoms with Gasteiger partial charge in [-0.15, -0.1) is 11.8 Å². The second kappa shape index (κ2) is 8.01. The number of thioether (sulfide) groups is 1. The summed E-state index contributed by atoms with van der Waals surface area (Å²) in [6.45, 7) is 1.93. The highest BCUT2D eigenvalue weighted by Crippen LogP contribution is 2.24. The molecule has 1 heterocycles. The van der Waals surface area contributed by atoms with Crippen LogP contribution in [0.3, 0.4) is 0 Å². The van der Waals surface area contributed by atoms with Gasteiger partial charge in [-0.25, -0.2) is 0 Å². The zero-order valence-corrected chi connectivity index (χ0v) is 13.8. The number of amides is 2. The molecule has 1 unspecified atom stereocenters. The third-order valence-corrected chi connectivity index (χ3v) is 4.59. The van der Waals surface area contributed by atoms with E-state index >= 15 is 0 Å². The first-order valence-electron chi connectivity index (χ1n) is 7.49. The summed E-state index contributed by atoms with van der Waals surface area (Å²) >= 11 is 1.51. The number of rotatable bonds is 6. The van der Waals surface area contributed by atoms with Crippen LogP contribution in [0.1, 0.15) is 23.7 Å². The van der Waals surface area contributed by atoms with E-state index in [0.717, 1.165) is 0 Å². The summed E-state index contributed by atoms with van der Waals surface area (Å²) in [7, 11) is 0. The van der Waals surface area contributed by atoms with Crippen molar-refractivity contribution in [1.29, 1.82) is 0 Å². The van der Waals surface area contributed by atoms with Crippen LogP contribution in [-0.4, -0.2) is 63.5 Å². The molecule has 0 aliphatic carbocycles. The van der Waals surface area contributed by atoms with Crippen molar-refractivity contribution in [3.05, 3.63) is 35.9 Å². The monoisotopic (exact) mass is 336 g/mol. The van der Waals surface area contributed by atoms with Crippen LogP contribution >= 0.6 is 11.8 Å². The van der Waals surface area contributed by atoms with Gasteiger partial charge in [0.2, 0.25) is 5.91 Å². The molecular weight excluding hydrogens is 316 g/mol.